The summed E-state index contributed by atoms with van der Waals surface area (Å²) in [7, 11) is 0. The van der Waals surface area contributed by atoms with E-state index in [1.54, 1.807) is 6.92 Å². The zero-order valence-electron chi connectivity index (χ0n) is 15.5. The summed E-state index contributed by atoms with van der Waals surface area (Å²) in [5, 5.41) is 8.95. The van der Waals surface area contributed by atoms with Crippen LogP contribution in [-0.4, -0.2) is 65.9 Å². The zero-order chi connectivity index (χ0) is 18.0. The van der Waals surface area contributed by atoms with Crippen molar-refractivity contribution >= 4 is 5.91 Å². The van der Waals surface area contributed by atoms with Gasteiger partial charge in [-0.15, -0.1) is 0 Å². The molecular formula is C20H28N4O. The molecule has 0 spiro atoms. The summed E-state index contributed by atoms with van der Waals surface area (Å²) in [4.78, 5) is 18.6. The highest BCUT2D eigenvalue weighted by Crippen LogP contribution is 2.30. The van der Waals surface area contributed by atoms with E-state index in [1.807, 2.05) is 17.0 Å². The molecule has 0 aliphatic carbocycles. The average Bonchev–Trinajstić information content (AvgIpc) is 3.03. The molecule has 0 radical (unpaired) electrons. The van der Waals surface area contributed by atoms with Crippen molar-refractivity contribution in [2.45, 2.75) is 32.9 Å². The molecule has 3 atom stereocenters. The fourth-order valence-electron chi connectivity index (χ4n) is 4.19. The first kappa shape index (κ1) is 17.9. The van der Waals surface area contributed by atoms with Crippen molar-refractivity contribution in [3.8, 4) is 6.07 Å². The van der Waals surface area contributed by atoms with Gasteiger partial charge in [-0.3, -0.25) is 14.6 Å². The summed E-state index contributed by atoms with van der Waals surface area (Å²) in [6.07, 6.45) is 0. The molecule has 2 fully saturated rings. The monoisotopic (exact) mass is 340 g/mol. The number of rotatable bonds is 3. The fraction of sp³-hybridized carbons (Fsp3) is 0.600. The number of likely N-dealkylation sites (tertiary alicyclic amines) is 1. The summed E-state index contributed by atoms with van der Waals surface area (Å²) in [6, 6.07) is 11.1. The second-order valence-electron chi connectivity index (χ2n) is 7.45. The first-order valence-corrected chi connectivity index (χ1v) is 9.23. The Morgan fingerprint density at radius 2 is 1.80 bits per heavy atom. The molecule has 0 saturated carbocycles. The van der Waals surface area contributed by atoms with Gasteiger partial charge < -0.3 is 4.90 Å². The number of carbonyl (C=O) groups is 1. The summed E-state index contributed by atoms with van der Waals surface area (Å²) in [5.74, 6) is 0.819. The minimum Gasteiger partial charge on any atom is -0.340 e. The Bertz CT molecular complexity index is 643. The topological polar surface area (TPSA) is 50.6 Å². The molecule has 0 bridgehead atoms. The summed E-state index contributed by atoms with van der Waals surface area (Å²) in [6.45, 7) is 12.1. The van der Waals surface area contributed by atoms with Crippen LogP contribution in [-0.2, 0) is 4.79 Å². The van der Waals surface area contributed by atoms with Crippen LogP contribution in [0.2, 0.25) is 0 Å². The van der Waals surface area contributed by atoms with E-state index in [2.05, 4.69) is 41.8 Å². The fourth-order valence-corrected chi connectivity index (χ4v) is 4.19. The van der Waals surface area contributed by atoms with Crippen molar-refractivity contribution in [1.82, 2.24) is 14.7 Å². The van der Waals surface area contributed by atoms with E-state index in [1.165, 1.54) is 5.56 Å². The van der Waals surface area contributed by atoms with Gasteiger partial charge in [-0.05, 0) is 30.5 Å². The lowest BCUT2D eigenvalue weighted by atomic mass is 10.0. The Morgan fingerprint density at radius 1 is 1.16 bits per heavy atom. The van der Waals surface area contributed by atoms with Gasteiger partial charge in [0.2, 0.25) is 5.91 Å². The molecular weight excluding hydrogens is 312 g/mol. The second kappa shape index (κ2) is 7.55. The molecule has 2 aliphatic rings. The van der Waals surface area contributed by atoms with Gasteiger partial charge in [0.05, 0.1) is 11.6 Å². The van der Waals surface area contributed by atoms with Crippen LogP contribution in [0.3, 0.4) is 0 Å². The van der Waals surface area contributed by atoms with Crippen LogP contribution in [0.5, 0.6) is 0 Å². The SMILES string of the molecule is CC(=O)N1CCN(C2CN(C(C)c3ccc(C#N)cc3)CC2C)CC1. The lowest BCUT2D eigenvalue weighted by Crippen LogP contribution is -2.53. The minimum atomic E-state index is 0.190. The van der Waals surface area contributed by atoms with Crippen molar-refractivity contribution < 1.29 is 4.79 Å². The molecule has 134 valence electrons. The number of nitriles is 1. The van der Waals surface area contributed by atoms with E-state index in [4.69, 9.17) is 5.26 Å². The molecule has 2 aliphatic heterocycles. The molecule has 0 N–H and O–H groups in total. The van der Waals surface area contributed by atoms with Crippen molar-refractivity contribution in [3.05, 3.63) is 35.4 Å². The van der Waals surface area contributed by atoms with Gasteiger partial charge in [0.1, 0.15) is 0 Å². The third kappa shape index (κ3) is 3.86. The predicted octanol–water partition coefficient (Wildman–Crippen LogP) is 2.10. The van der Waals surface area contributed by atoms with Gasteiger partial charge in [-0.1, -0.05) is 19.1 Å². The Balaban J connectivity index is 1.61. The van der Waals surface area contributed by atoms with Crippen molar-refractivity contribution in [2.75, 3.05) is 39.3 Å². The number of benzene rings is 1. The molecule has 3 unspecified atom stereocenters. The Morgan fingerprint density at radius 3 is 2.36 bits per heavy atom. The Labute approximate surface area is 150 Å². The number of carbonyl (C=O) groups excluding carboxylic acids is 1. The third-order valence-electron chi connectivity index (χ3n) is 5.90. The van der Waals surface area contributed by atoms with E-state index in [0.29, 0.717) is 23.6 Å². The number of hydrogen-bond donors (Lipinski definition) is 0. The highest BCUT2D eigenvalue weighted by atomic mass is 16.2. The smallest absolute Gasteiger partial charge is 0.219 e. The highest BCUT2D eigenvalue weighted by molar-refractivity contribution is 5.73. The van der Waals surface area contributed by atoms with Gasteiger partial charge in [-0.25, -0.2) is 0 Å². The van der Waals surface area contributed by atoms with Gasteiger partial charge in [-0.2, -0.15) is 5.26 Å². The van der Waals surface area contributed by atoms with E-state index in [0.717, 1.165) is 39.3 Å². The first-order valence-electron chi connectivity index (χ1n) is 9.23. The van der Waals surface area contributed by atoms with E-state index < -0.39 is 0 Å². The van der Waals surface area contributed by atoms with Crippen LogP contribution in [0, 0.1) is 17.2 Å². The van der Waals surface area contributed by atoms with Gasteiger partial charge in [0.15, 0.2) is 0 Å². The molecule has 0 aromatic heterocycles. The van der Waals surface area contributed by atoms with E-state index >= 15 is 0 Å². The van der Waals surface area contributed by atoms with Crippen LogP contribution in [0.4, 0.5) is 0 Å². The van der Waals surface area contributed by atoms with E-state index in [9.17, 15) is 4.79 Å². The normalized spacial score (nSPS) is 26.4. The molecule has 1 aromatic rings. The highest BCUT2D eigenvalue weighted by Gasteiger charge is 2.37. The van der Waals surface area contributed by atoms with Crippen LogP contribution in [0.15, 0.2) is 24.3 Å². The Kier molecular flexibility index (Phi) is 5.41. The van der Waals surface area contributed by atoms with Crippen LogP contribution in [0.1, 0.15) is 37.9 Å². The maximum atomic E-state index is 11.5. The maximum Gasteiger partial charge on any atom is 0.219 e. The molecule has 25 heavy (non-hydrogen) atoms. The van der Waals surface area contributed by atoms with Crippen LogP contribution < -0.4 is 0 Å². The molecule has 2 heterocycles. The predicted molar refractivity (Wildman–Crippen MR) is 97.9 cm³/mol. The molecule has 1 aromatic carbocycles. The lowest BCUT2D eigenvalue weighted by Gasteiger charge is -2.39. The van der Waals surface area contributed by atoms with E-state index in [-0.39, 0.29) is 5.91 Å². The largest absolute Gasteiger partial charge is 0.340 e. The molecule has 5 heteroatoms. The number of nitrogens with zero attached hydrogens (tertiary/aromatic N) is 4. The van der Waals surface area contributed by atoms with Crippen LogP contribution in [0.25, 0.3) is 0 Å². The third-order valence-corrected chi connectivity index (χ3v) is 5.90. The Hall–Kier alpha value is -1.90. The minimum absolute atomic E-state index is 0.190. The number of amides is 1. The number of hydrogen-bond acceptors (Lipinski definition) is 4. The second-order valence-corrected chi connectivity index (χ2v) is 7.45. The summed E-state index contributed by atoms with van der Waals surface area (Å²) < 4.78 is 0. The van der Waals surface area contributed by atoms with Gasteiger partial charge >= 0.3 is 0 Å². The molecule has 1 amide bonds. The zero-order valence-corrected chi connectivity index (χ0v) is 15.5. The average molecular weight is 340 g/mol. The quantitative estimate of drug-likeness (QED) is 0.846. The van der Waals surface area contributed by atoms with Gasteiger partial charge in [0.25, 0.3) is 0 Å². The van der Waals surface area contributed by atoms with Crippen molar-refractivity contribution in [2.24, 2.45) is 5.92 Å². The van der Waals surface area contributed by atoms with Gasteiger partial charge in [0, 0.05) is 58.3 Å². The van der Waals surface area contributed by atoms with Crippen LogP contribution >= 0.6 is 0 Å². The maximum absolute atomic E-state index is 11.5. The summed E-state index contributed by atoms with van der Waals surface area (Å²) >= 11 is 0. The number of piperazine rings is 1. The first-order chi connectivity index (χ1) is 12.0. The van der Waals surface area contributed by atoms with Crippen molar-refractivity contribution in [3.63, 3.8) is 0 Å². The lowest BCUT2D eigenvalue weighted by molar-refractivity contribution is -0.130. The molecule has 2 saturated heterocycles. The summed E-state index contributed by atoms with van der Waals surface area (Å²) in [5.41, 5.74) is 1.99. The molecule has 5 nitrogen and oxygen atoms in total. The van der Waals surface area contributed by atoms with Crippen molar-refractivity contribution in [1.29, 1.82) is 5.26 Å². The standard InChI is InChI=1S/C20H28N4O/c1-15-13-24(16(2)19-6-4-18(12-21)5-7-19)14-20(15)23-10-8-22(9-11-23)17(3)25/h4-7,15-16,20H,8-11,13-14H2,1-3H3. The molecule has 3 rings (SSSR count).